The molecule has 2 saturated heterocycles. The lowest BCUT2D eigenvalue weighted by molar-refractivity contribution is -0.139. The molecule has 1 N–H and O–H groups in total. The Morgan fingerprint density at radius 2 is 1.66 bits per heavy atom. The number of morpholine rings is 2. The van der Waals surface area contributed by atoms with Gasteiger partial charge in [-0.3, -0.25) is 14.6 Å². The van der Waals surface area contributed by atoms with E-state index in [1.165, 1.54) is 11.1 Å². The second-order valence-corrected chi connectivity index (χ2v) is 9.63. The van der Waals surface area contributed by atoms with Crippen molar-refractivity contribution < 1.29 is 14.3 Å². The van der Waals surface area contributed by atoms with E-state index >= 15 is 0 Å². The molecule has 186 valence electrons. The van der Waals surface area contributed by atoms with Crippen LogP contribution in [0.3, 0.4) is 0 Å². The molecule has 2 fully saturated rings. The highest BCUT2D eigenvalue weighted by Crippen LogP contribution is 2.23. The van der Waals surface area contributed by atoms with Gasteiger partial charge in [-0.25, -0.2) is 0 Å². The molecule has 0 aromatic heterocycles. The molecule has 7 heteroatoms. The van der Waals surface area contributed by atoms with Gasteiger partial charge in [-0.15, -0.1) is 0 Å². The molecule has 2 heterocycles. The molecular formula is C28H36N4O3. The van der Waals surface area contributed by atoms with Gasteiger partial charge in [0.1, 0.15) is 12.4 Å². The third kappa shape index (κ3) is 7.28. The van der Waals surface area contributed by atoms with Crippen LogP contribution >= 0.6 is 0 Å². The van der Waals surface area contributed by atoms with Crippen molar-refractivity contribution >= 4 is 5.91 Å². The van der Waals surface area contributed by atoms with Crippen LogP contribution < -0.4 is 10.1 Å². The van der Waals surface area contributed by atoms with Gasteiger partial charge in [0.25, 0.3) is 0 Å². The Bertz CT molecular complexity index is 999. The van der Waals surface area contributed by atoms with E-state index in [9.17, 15) is 4.79 Å². The highest BCUT2D eigenvalue weighted by Gasteiger charge is 2.34. The van der Waals surface area contributed by atoms with Crippen LogP contribution in [0.2, 0.25) is 0 Å². The Labute approximate surface area is 208 Å². The number of nitrogens with zero attached hydrogens (tertiary/aromatic N) is 3. The second-order valence-electron chi connectivity index (χ2n) is 9.63. The maximum Gasteiger partial charge on any atom is 0.220 e. The zero-order valence-electron chi connectivity index (χ0n) is 20.8. The number of aryl methyl sites for hydroxylation is 3. The van der Waals surface area contributed by atoms with E-state index in [1.807, 2.05) is 12.1 Å². The number of ether oxygens (including phenoxy) is 2. The molecular weight excluding hydrogens is 440 g/mol. The standard InChI is InChI=1S/C28H36N4O3/c1-21-4-3-5-22(2)28(21)34-15-14-32-19-25-17-31(18-26(20-32)35-25)13-12-30-27(33)11-10-23-6-8-24(16-29)9-7-23/h3-9,25-26H,10-15,17-20H2,1-2H3,(H,30,33). The van der Waals surface area contributed by atoms with Crippen molar-refractivity contribution in [1.29, 1.82) is 5.26 Å². The molecule has 2 aliphatic rings. The summed E-state index contributed by atoms with van der Waals surface area (Å²) in [6.07, 6.45) is 1.55. The van der Waals surface area contributed by atoms with E-state index in [2.05, 4.69) is 53.2 Å². The number of carbonyl (C=O) groups excluding carboxylic acids is 1. The van der Waals surface area contributed by atoms with Gasteiger partial charge < -0.3 is 14.8 Å². The Morgan fingerprint density at radius 3 is 2.29 bits per heavy atom. The average Bonchev–Trinajstić information content (AvgIpc) is 2.84. The third-order valence-corrected chi connectivity index (χ3v) is 6.77. The number of nitriles is 1. The number of fused-ring (bicyclic) bond motifs is 2. The van der Waals surface area contributed by atoms with Crippen LogP contribution in [0.25, 0.3) is 0 Å². The highest BCUT2D eigenvalue weighted by molar-refractivity contribution is 5.76. The maximum atomic E-state index is 12.2. The Hall–Kier alpha value is -2.92. The van der Waals surface area contributed by atoms with Crippen LogP contribution in [0.1, 0.15) is 28.7 Å². The molecule has 2 atom stereocenters. The van der Waals surface area contributed by atoms with Crippen LogP contribution in [-0.4, -0.2) is 80.3 Å². The SMILES string of the molecule is Cc1cccc(C)c1OCCN1CC2CN(CCNC(=O)CCc3ccc(C#N)cc3)CC(C1)O2. The molecule has 4 rings (SSSR count). The fourth-order valence-electron chi connectivity index (χ4n) is 4.98. The van der Waals surface area contributed by atoms with Gasteiger partial charge in [-0.2, -0.15) is 5.26 Å². The first-order valence-corrected chi connectivity index (χ1v) is 12.5. The lowest BCUT2D eigenvalue weighted by Gasteiger charge is -2.45. The first kappa shape index (κ1) is 25.2. The van der Waals surface area contributed by atoms with E-state index in [0.29, 0.717) is 31.6 Å². The number of hydrogen-bond acceptors (Lipinski definition) is 6. The number of para-hydroxylation sites is 1. The lowest BCUT2D eigenvalue weighted by Crippen LogP contribution is -2.60. The largest absolute Gasteiger partial charge is 0.492 e. The minimum atomic E-state index is 0.0675. The van der Waals surface area contributed by atoms with Gasteiger partial charge in [0.05, 0.1) is 23.8 Å². The Kier molecular flexibility index (Phi) is 8.75. The van der Waals surface area contributed by atoms with E-state index in [0.717, 1.165) is 50.6 Å². The normalized spacial score (nSPS) is 20.3. The number of nitrogens with one attached hydrogen (secondary N) is 1. The van der Waals surface area contributed by atoms with Crippen LogP contribution in [0.15, 0.2) is 42.5 Å². The van der Waals surface area contributed by atoms with Crippen LogP contribution in [0.4, 0.5) is 0 Å². The number of amides is 1. The summed E-state index contributed by atoms with van der Waals surface area (Å²) in [7, 11) is 0. The van der Waals surface area contributed by atoms with Crippen molar-refractivity contribution in [2.24, 2.45) is 0 Å². The highest BCUT2D eigenvalue weighted by atomic mass is 16.5. The fraction of sp³-hybridized carbons (Fsp3) is 0.500. The molecule has 1 amide bonds. The Balaban J connectivity index is 1.12. The second kappa shape index (κ2) is 12.2. The first-order valence-electron chi connectivity index (χ1n) is 12.5. The summed E-state index contributed by atoms with van der Waals surface area (Å²) in [4.78, 5) is 17.1. The molecule has 0 radical (unpaired) electrons. The van der Waals surface area contributed by atoms with E-state index in [1.54, 1.807) is 12.1 Å². The zero-order valence-corrected chi connectivity index (χ0v) is 20.8. The molecule has 35 heavy (non-hydrogen) atoms. The van der Waals surface area contributed by atoms with Gasteiger partial charge in [0, 0.05) is 52.2 Å². The quantitative estimate of drug-likeness (QED) is 0.568. The molecule has 0 saturated carbocycles. The molecule has 2 aliphatic heterocycles. The minimum absolute atomic E-state index is 0.0675. The van der Waals surface area contributed by atoms with Gasteiger partial charge in [-0.05, 0) is 49.1 Å². The molecule has 2 bridgehead atoms. The molecule has 0 spiro atoms. The molecule has 2 unspecified atom stereocenters. The van der Waals surface area contributed by atoms with Gasteiger partial charge >= 0.3 is 0 Å². The minimum Gasteiger partial charge on any atom is -0.492 e. The van der Waals surface area contributed by atoms with Crippen molar-refractivity contribution in [2.75, 3.05) is 52.4 Å². The van der Waals surface area contributed by atoms with Crippen molar-refractivity contribution in [2.45, 2.75) is 38.9 Å². The first-order chi connectivity index (χ1) is 17.0. The monoisotopic (exact) mass is 476 g/mol. The smallest absolute Gasteiger partial charge is 0.220 e. The molecule has 2 aromatic rings. The third-order valence-electron chi connectivity index (χ3n) is 6.77. The van der Waals surface area contributed by atoms with E-state index in [4.69, 9.17) is 14.7 Å². The van der Waals surface area contributed by atoms with E-state index < -0.39 is 0 Å². The molecule has 7 nitrogen and oxygen atoms in total. The summed E-state index contributed by atoms with van der Waals surface area (Å²) in [5.41, 5.74) is 4.08. The average molecular weight is 477 g/mol. The number of rotatable bonds is 10. The lowest BCUT2D eigenvalue weighted by atomic mass is 10.1. The van der Waals surface area contributed by atoms with Crippen LogP contribution in [-0.2, 0) is 16.0 Å². The summed E-state index contributed by atoms with van der Waals surface area (Å²) in [6, 6.07) is 15.8. The maximum absolute atomic E-state index is 12.2. The summed E-state index contributed by atoms with van der Waals surface area (Å²) in [5.74, 6) is 1.07. The van der Waals surface area contributed by atoms with Crippen LogP contribution in [0.5, 0.6) is 5.75 Å². The van der Waals surface area contributed by atoms with Gasteiger partial charge in [0.2, 0.25) is 5.91 Å². The molecule has 2 aromatic carbocycles. The molecule has 0 aliphatic carbocycles. The van der Waals surface area contributed by atoms with Crippen molar-refractivity contribution in [3.05, 3.63) is 64.7 Å². The van der Waals surface area contributed by atoms with Gasteiger partial charge in [-0.1, -0.05) is 30.3 Å². The predicted molar refractivity (Wildman–Crippen MR) is 135 cm³/mol. The summed E-state index contributed by atoms with van der Waals surface area (Å²) in [5, 5.41) is 11.9. The van der Waals surface area contributed by atoms with Crippen molar-refractivity contribution in [3.8, 4) is 11.8 Å². The zero-order chi connectivity index (χ0) is 24.6. The summed E-state index contributed by atoms with van der Waals surface area (Å²) < 4.78 is 12.3. The topological polar surface area (TPSA) is 77.8 Å². The number of carbonyl (C=O) groups is 1. The number of hydrogen-bond donors (Lipinski definition) is 1. The Morgan fingerprint density at radius 1 is 1.03 bits per heavy atom. The fourth-order valence-corrected chi connectivity index (χ4v) is 4.98. The summed E-state index contributed by atoms with van der Waals surface area (Å²) in [6.45, 7) is 10.9. The van der Waals surface area contributed by atoms with E-state index in [-0.39, 0.29) is 18.1 Å². The van der Waals surface area contributed by atoms with Crippen LogP contribution in [0, 0.1) is 25.2 Å². The van der Waals surface area contributed by atoms with Gasteiger partial charge in [0.15, 0.2) is 0 Å². The predicted octanol–water partition coefficient (Wildman–Crippen LogP) is 2.69. The summed E-state index contributed by atoms with van der Waals surface area (Å²) >= 11 is 0. The number of benzene rings is 2. The van der Waals surface area contributed by atoms with Crippen molar-refractivity contribution in [1.82, 2.24) is 15.1 Å². The van der Waals surface area contributed by atoms with Crippen molar-refractivity contribution in [3.63, 3.8) is 0 Å².